The fraction of sp³-hybridized carbons (Fsp3) is 0.280. The second-order valence-electron chi connectivity index (χ2n) is 8.13. The fourth-order valence-corrected chi connectivity index (χ4v) is 4.29. The van der Waals surface area contributed by atoms with E-state index in [1.807, 2.05) is 55.5 Å². The zero-order valence-electron chi connectivity index (χ0n) is 18.9. The Labute approximate surface area is 196 Å². The van der Waals surface area contributed by atoms with Crippen LogP contribution in [0.25, 0.3) is 11.1 Å². The van der Waals surface area contributed by atoms with E-state index in [9.17, 15) is 19.5 Å². The number of alkyl carbamates (subject to hydrolysis) is 1. The number of aliphatic carboxylic acids is 1. The number of benzene rings is 2. The van der Waals surface area contributed by atoms with Crippen molar-refractivity contribution >= 4 is 23.7 Å². The van der Waals surface area contributed by atoms with E-state index >= 15 is 0 Å². The van der Waals surface area contributed by atoms with Crippen LogP contribution in [0.15, 0.2) is 54.7 Å². The van der Waals surface area contributed by atoms with Gasteiger partial charge in [0.25, 0.3) is 0 Å². The minimum Gasteiger partial charge on any atom is -0.481 e. The van der Waals surface area contributed by atoms with Crippen molar-refractivity contribution in [3.63, 3.8) is 0 Å². The first-order valence-electron chi connectivity index (χ1n) is 11.0. The number of fused-ring (bicyclic) bond motifs is 3. The third kappa shape index (κ3) is 4.78. The maximum absolute atomic E-state index is 12.8. The Morgan fingerprint density at radius 2 is 1.71 bits per heavy atom. The van der Waals surface area contributed by atoms with Crippen LogP contribution in [0.5, 0.6) is 0 Å². The number of carboxylic acids is 1. The normalized spacial score (nSPS) is 13.0. The minimum absolute atomic E-state index is 0.0594. The lowest BCUT2D eigenvalue weighted by Gasteiger charge is -2.18. The number of nitrogens with zero attached hydrogens (tertiary/aromatic N) is 2. The number of nitrogens with one attached hydrogen (secondary N) is 2. The highest BCUT2D eigenvalue weighted by atomic mass is 16.5. The average Bonchev–Trinajstić information content (AvgIpc) is 3.33. The van der Waals surface area contributed by atoms with E-state index in [0.717, 1.165) is 22.3 Å². The molecule has 176 valence electrons. The van der Waals surface area contributed by atoms with Gasteiger partial charge in [0, 0.05) is 19.2 Å². The van der Waals surface area contributed by atoms with E-state index in [1.165, 1.54) is 0 Å². The van der Waals surface area contributed by atoms with Crippen molar-refractivity contribution in [2.24, 2.45) is 7.05 Å². The van der Waals surface area contributed by atoms with Crippen LogP contribution in [0.3, 0.4) is 0 Å². The monoisotopic (exact) mass is 462 g/mol. The highest BCUT2D eigenvalue weighted by molar-refractivity contribution is 5.98. The molecule has 1 unspecified atom stereocenters. The molecule has 1 atom stereocenters. The number of hydrogen-bond acceptors (Lipinski definition) is 5. The maximum Gasteiger partial charge on any atom is 0.407 e. The van der Waals surface area contributed by atoms with Gasteiger partial charge < -0.3 is 20.5 Å². The van der Waals surface area contributed by atoms with Gasteiger partial charge in [-0.1, -0.05) is 55.5 Å². The first-order valence-corrected chi connectivity index (χ1v) is 11.0. The highest BCUT2D eigenvalue weighted by Crippen LogP contribution is 2.44. The molecule has 0 bridgehead atoms. The van der Waals surface area contributed by atoms with Crippen molar-refractivity contribution in [1.82, 2.24) is 15.1 Å². The molecule has 3 aromatic rings. The van der Waals surface area contributed by atoms with Crippen molar-refractivity contribution in [3.8, 4) is 11.1 Å². The third-order valence-electron chi connectivity index (χ3n) is 5.83. The number of carbonyl (C=O) groups is 3. The van der Waals surface area contributed by atoms with Crippen LogP contribution >= 0.6 is 0 Å². The lowest BCUT2D eigenvalue weighted by molar-refractivity contribution is -0.139. The van der Waals surface area contributed by atoms with E-state index in [1.54, 1.807) is 17.9 Å². The Morgan fingerprint density at radius 1 is 1.09 bits per heavy atom. The standard InChI is InChI=1S/C25H26N4O5/c1-3-20-22(13-29(2)28-20)26-24(32)21(12-23(30)31)27-25(33)34-14-19-17-10-6-4-8-15(17)16-9-5-7-11-18(16)19/h4-11,13,19,21H,3,12,14H2,1-2H3,(H,26,32)(H,27,33)(H,30,31). The Bertz CT molecular complexity index is 1190. The molecule has 34 heavy (non-hydrogen) atoms. The molecule has 2 amide bonds. The summed E-state index contributed by atoms with van der Waals surface area (Å²) in [7, 11) is 1.72. The number of amides is 2. The van der Waals surface area contributed by atoms with Gasteiger partial charge in [-0.05, 0) is 28.7 Å². The largest absolute Gasteiger partial charge is 0.481 e. The number of hydrogen-bond donors (Lipinski definition) is 3. The summed E-state index contributed by atoms with van der Waals surface area (Å²) in [5.41, 5.74) is 5.43. The number of rotatable bonds is 8. The molecule has 0 radical (unpaired) electrons. The number of carboxylic acid groups (broad SMARTS) is 1. The SMILES string of the molecule is CCc1nn(C)cc1NC(=O)C(CC(=O)O)NC(=O)OCC1c2ccccc2-c2ccccc21. The van der Waals surface area contributed by atoms with E-state index in [4.69, 9.17) is 4.74 Å². The highest BCUT2D eigenvalue weighted by Gasteiger charge is 2.30. The van der Waals surface area contributed by atoms with Crippen LogP contribution in [0.4, 0.5) is 10.5 Å². The van der Waals surface area contributed by atoms with Gasteiger partial charge in [0.2, 0.25) is 5.91 Å². The molecule has 1 aromatic heterocycles. The third-order valence-corrected chi connectivity index (χ3v) is 5.83. The van der Waals surface area contributed by atoms with Gasteiger partial charge >= 0.3 is 12.1 Å². The molecule has 9 nitrogen and oxygen atoms in total. The van der Waals surface area contributed by atoms with E-state index in [-0.39, 0.29) is 12.5 Å². The second-order valence-corrected chi connectivity index (χ2v) is 8.13. The summed E-state index contributed by atoms with van der Waals surface area (Å²) in [5.74, 6) is -2.02. The van der Waals surface area contributed by atoms with Crippen LogP contribution in [-0.2, 0) is 27.8 Å². The molecule has 1 aliphatic rings. The van der Waals surface area contributed by atoms with Crippen molar-refractivity contribution in [2.45, 2.75) is 31.7 Å². The zero-order chi connectivity index (χ0) is 24.2. The number of aryl methyl sites for hydroxylation is 2. The van der Waals surface area contributed by atoms with Gasteiger partial charge in [0.15, 0.2) is 0 Å². The van der Waals surface area contributed by atoms with Crippen LogP contribution in [0.2, 0.25) is 0 Å². The molecule has 0 saturated carbocycles. The van der Waals surface area contributed by atoms with Crippen molar-refractivity contribution in [3.05, 3.63) is 71.5 Å². The van der Waals surface area contributed by atoms with Crippen LogP contribution in [0, 0.1) is 0 Å². The summed E-state index contributed by atoms with van der Waals surface area (Å²) in [6.45, 7) is 1.95. The predicted molar refractivity (Wildman–Crippen MR) is 125 cm³/mol. The molecular weight excluding hydrogens is 436 g/mol. The Hall–Kier alpha value is -4.14. The number of ether oxygens (including phenoxy) is 1. The van der Waals surface area contributed by atoms with E-state index in [2.05, 4.69) is 15.7 Å². The maximum atomic E-state index is 12.8. The van der Waals surface area contributed by atoms with Gasteiger partial charge in [-0.25, -0.2) is 4.79 Å². The smallest absolute Gasteiger partial charge is 0.407 e. The average molecular weight is 463 g/mol. The summed E-state index contributed by atoms with van der Waals surface area (Å²) in [6.07, 6.45) is 0.768. The van der Waals surface area contributed by atoms with Gasteiger partial charge in [-0.3, -0.25) is 14.3 Å². The van der Waals surface area contributed by atoms with E-state index in [0.29, 0.717) is 17.8 Å². The number of anilines is 1. The van der Waals surface area contributed by atoms with Crippen LogP contribution in [0.1, 0.15) is 36.1 Å². The molecule has 0 aliphatic heterocycles. The molecule has 0 saturated heterocycles. The lowest BCUT2D eigenvalue weighted by Crippen LogP contribution is -2.45. The number of aromatic nitrogens is 2. The van der Waals surface area contributed by atoms with Crippen molar-refractivity contribution in [1.29, 1.82) is 0 Å². The lowest BCUT2D eigenvalue weighted by atomic mass is 9.98. The molecule has 4 rings (SSSR count). The molecule has 2 aromatic carbocycles. The minimum atomic E-state index is -1.31. The Kier molecular flexibility index (Phi) is 6.62. The molecular formula is C25H26N4O5. The quantitative estimate of drug-likeness (QED) is 0.472. The zero-order valence-corrected chi connectivity index (χ0v) is 18.9. The molecule has 3 N–H and O–H groups in total. The predicted octanol–water partition coefficient (Wildman–Crippen LogP) is 3.30. The second kappa shape index (κ2) is 9.78. The summed E-state index contributed by atoms with van der Waals surface area (Å²) in [6, 6.07) is 14.6. The summed E-state index contributed by atoms with van der Waals surface area (Å²) in [5, 5.41) is 18.6. The van der Waals surface area contributed by atoms with Crippen LogP contribution in [-0.4, -0.2) is 45.5 Å². The fourth-order valence-electron chi connectivity index (χ4n) is 4.29. The molecule has 0 fully saturated rings. The van der Waals surface area contributed by atoms with Gasteiger partial charge in [-0.15, -0.1) is 0 Å². The van der Waals surface area contributed by atoms with Crippen molar-refractivity contribution < 1.29 is 24.2 Å². The van der Waals surface area contributed by atoms with Gasteiger partial charge in [0.05, 0.1) is 17.8 Å². The van der Waals surface area contributed by atoms with Crippen molar-refractivity contribution in [2.75, 3.05) is 11.9 Å². The molecule has 1 aliphatic carbocycles. The van der Waals surface area contributed by atoms with Crippen LogP contribution < -0.4 is 10.6 Å². The first kappa shape index (κ1) is 23.0. The molecule has 0 spiro atoms. The van der Waals surface area contributed by atoms with E-state index < -0.39 is 30.4 Å². The molecule has 9 heteroatoms. The topological polar surface area (TPSA) is 123 Å². The first-order chi connectivity index (χ1) is 16.4. The summed E-state index contributed by atoms with van der Waals surface area (Å²) >= 11 is 0. The number of carbonyl (C=O) groups excluding carboxylic acids is 2. The Balaban J connectivity index is 1.43. The summed E-state index contributed by atoms with van der Waals surface area (Å²) in [4.78, 5) is 36.7. The Morgan fingerprint density at radius 3 is 2.29 bits per heavy atom. The molecule has 1 heterocycles. The summed E-state index contributed by atoms with van der Waals surface area (Å²) < 4.78 is 7.02. The van der Waals surface area contributed by atoms with Gasteiger partial charge in [-0.2, -0.15) is 5.10 Å². The van der Waals surface area contributed by atoms with Gasteiger partial charge in [0.1, 0.15) is 12.6 Å².